The van der Waals surface area contributed by atoms with E-state index < -0.39 is 5.54 Å². The van der Waals surface area contributed by atoms with E-state index in [0.29, 0.717) is 17.9 Å². The Kier molecular flexibility index (Phi) is 6.36. The first-order chi connectivity index (χ1) is 17.4. The van der Waals surface area contributed by atoms with Crippen LogP contribution in [0.1, 0.15) is 35.5 Å². The predicted octanol–water partition coefficient (Wildman–Crippen LogP) is 4.92. The lowest BCUT2D eigenvalue weighted by Gasteiger charge is -2.43. The summed E-state index contributed by atoms with van der Waals surface area (Å²) in [6.07, 6.45) is 0.830. The third-order valence-corrected chi connectivity index (χ3v) is 7.50. The number of thiophene rings is 1. The van der Waals surface area contributed by atoms with Gasteiger partial charge in [-0.1, -0.05) is 37.3 Å². The minimum Gasteiger partial charge on any atom is -0.497 e. The summed E-state index contributed by atoms with van der Waals surface area (Å²) in [5.74, 6) is 0.268. The van der Waals surface area contributed by atoms with Crippen molar-refractivity contribution in [3.8, 4) is 16.3 Å². The van der Waals surface area contributed by atoms with Crippen LogP contribution in [0.15, 0.2) is 72.1 Å². The molecule has 0 bridgehead atoms. The molecule has 0 unspecified atom stereocenters. The normalized spacial score (nSPS) is 17.1. The van der Waals surface area contributed by atoms with Gasteiger partial charge in [0.1, 0.15) is 22.7 Å². The summed E-state index contributed by atoms with van der Waals surface area (Å²) in [5.41, 5.74) is 2.77. The molecular formula is C28H28N4O3S. The molecule has 5 rings (SSSR count). The van der Waals surface area contributed by atoms with E-state index in [0.717, 1.165) is 33.9 Å². The maximum absolute atomic E-state index is 13.9. The average Bonchev–Trinajstić information content (AvgIpc) is 3.58. The number of fused-ring (bicyclic) bond motifs is 1. The summed E-state index contributed by atoms with van der Waals surface area (Å²) in [5, 5.41) is 9.74. The van der Waals surface area contributed by atoms with Crippen LogP contribution in [0, 0.1) is 0 Å². The Labute approximate surface area is 214 Å². The van der Waals surface area contributed by atoms with E-state index in [9.17, 15) is 9.59 Å². The van der Waals surface area contributed by atoms with Crippen LogP contribution in [0.2, 0.25) is 0 Å². The van der Waals surface area contributed by atoms with E-state index in [1.807, 2.05) is 79.0 Å². The highest BCUT2D eigenvalue weighted by Gasteiger charge is 2.49. The van der Waals surface area contributed by atoms with Gasteiger partial charge in [-0.3, -0.25) is 19.2 Å². The number of aromatic nitrogens is 2. The van der Waals surface area contributed by atoms with Gasteiger partial charge in [0.25, 0.3) is 5.91 Å². The zero-order chi connectivity index (χ0) is 25.3. The summed E-state index contributed by atoms with van der Waals surface area (Å²) in [4.78, 5) is 30.3. The van der Waals surface area contributed by atoms with Gasteiger partial charge in [-0.25, -0.2) is 0 Å². The molecule has 7 nitrogen and oxygen atoms in total. The lowest BCUT2D eigenvalue weighted by Crippen LogP contribution is -2.64. The van der Waals surface area contributed by atoms with Gasteiger partial charge < -0.3 is 10.1 Å². The van der Waals surface area contributed by atoms with Crippen molar-refractivity contribution in [2.45, 2.75) is 38.9 Å². The minimum atomic E-state index is -1.18. The van der Waals surface area contributed by atoms with Crippen LogP contribution >= 0.6 is 11.3 Å². The third-order valence-electron chi connectivity index (χ3n) is 6.61. The number of ether oxygens (including phenoxy) is 1. The van der Waals surface area contributed by atoms with Gasteiger partial charge in [0.15, 0.2) is 0 Å². The van der Waals surface area contributed by atoms with Crippen molar-refractivity contribution < 1.29 is 14.3 Å². The zero-order valence-electron chi connectivity index (χ0n) is 20.5. The van der Waals surface area contributed by atoms with Crippen LogP contribution in [0.25, 0.3) is 10.6 Å². The molecule has 0 radical (unpaired) electrons. The Hall–Kier alpha value is -3.91. The topological polar surface area (TPSA) is 76.5 Å². The van der Waals surface area contributed by atoms with E-state index in [1.54, 1.807) is 28.0 Å². The van der Waals surface area contributed by atoms with E-state index in [1.165, 1.54) is 0 Å². The van der Waals surface area contributed by atoms with Crippen molar-refractivity contribution in [1.82, 2.24) is 15.1 Å². The number of carbonyl (C=O) groups is 2. The Bertz CT molecular complexity index is 1390. The Morgan fingerprint density at radius 3 is 2.61 bits per heavy atom. The molecule has 1 aliphatic heterocycles. The Morgan fingerprint density at radius 2 is 1.92 bits per heavy atom. The first kappa shape index (κ1) is 23.8. The Morgan fingerprint density at radius 1 is 1.11 bits per heavy atom. The maximum Gasteiger partial charge on any atom is 0.277 e. The number of aryl methyl sites for hydroxylation is 1. The third kappa shape index (κ3) is 4.28. The van der Waals surface area contributed by atoms with Gasteiger partial charge >= 0.3 is 0 Å². The van der Waals surface area contributed by atoms with Gasteiger partial charge in [0.05, 0.1) is 18.5 Å². The lowest BCUT2D eigenvalue weighted by atomic mass is 9.93. The number of nitrogens with zero attached hydrogens (tertiary/aromatic N) is 3. The second-order valence-corrected chi connectivity index (χ2v) is 9.97. The molecule has 0 aliphatic carbocycles. The molecule has 3 heterocycles. The van der Waals surface area contributed by atoms with Gasteiger partial charge in [0, 0.05) is 12.2 Å². The monoisotopic (exact) mass is 500 g/mol. The number of hydrogen-bond acceptors (Lipinski definition) is 5. The molecule has 0 fully saturated rings. The molecule has 0 saturated heterocycles. The number of hydrogen-bond donors (Lipinski definition) is 1. The van der Waals surface area contributed by atoms with E-state index in [4.69, 9.17) is 9.84 Å². The fourth-order valence-corrected chi connectivity index (χ4v) is 5.24. The summed E-state index contributed by atoms with van der Waals surface area (Å²) >= 11 is 1.57. The summed E-state index contributed by atoms with van der Waals surface area (Å²) < 4.78 is 6.89. The first-order valence-corrected chi connectivity index (χ1v) is 12.8. The molecule has 1 N–H and O–H groups in total. The number of rotatable bonds is 7. The average molecular weight is 501 g/mol. The molecule has 2 aromatic carbocycles. The van der Waals surface area contributed by atoms with Gasteiger partial charge in [-0.2, -0.15) is 5.10 Å². The van der Waals surface area contributed by atoms with Gasteiger partial charge in [-0.05, 0) is 66.2 Å². The quantitative estimate of drug-likeness (QED) is 0.391. The smallest absolute Gasteiger partial charge is 0.277 e. The van der Waals surface area contributed by atoms with Crippen LogP contribution in [-0.2, 0) is 24.3 Å². The molecule has 2 amide bonds. The SMILES string of the molecule is CCc1cccc(N2C(=O)c3cc(-c4cccs4)nn3C[C@]2(C)C(=O)NCc2ccc(OC)cc2)c1. The molecule has 36 heavy (non-hydrogen) atoms. The van der Waals surface area contributed by atoms with Crippen LogP contribution in [0.4, 0.5) is 5.69 Å². The fraction of sp³-hybridized carbons (Fsp3) is 0.250. The van der Waals surface area contributed by atoms with Crippen molar-refractivity contribution >= 4 is 28.8 Å². The van der Waals surface area contributed by atoms with Crippen LogP contribution in [-0.4, -0.2) is 34.2 Å². The first-order valence-electron chi connectivity index (χ1n) is 11.9. The van der Waals surface area contributed by atoms with Crippen molar-refractivity contribution in [2.75, 3.05) is 12.0 Å². The van der Waals surface area contributed by atoms with Crippen molar-refractivity contribution in [2.24, 2.45) is 0 Å². The van der Waals surface area contributed by atoms with Crippen molar-refractivity contribution in [1.29, 1.82) is 0 Å². The van der Waals surface area contributed by atoms with Gasteiger partial charge in [-0.15, -0.1) is 11.3 Å². The molecule has 1 atom stereocenters. The molecule has 2 aromatic heterocycles. The highest BCUT2D eigenvalue weighted by Crippen LogP contribution is 2.35. The second-order valence-electron chi connectivity index (χ2n) is 9.02. The molecule has 0 spiro atoms. The van der Waals surface area contributed by atoms with Gasteiger partial charge in [0.2, 0.25) is 5.91 Å². The molecule has 184 valence electrons. The predicted molar refractivity (Wildman–Crippen MR) is 141 cm³/mol. The molecule has 8 heteroatoms. The number of carbonyl (C=O) groups excluding carboxylic acids is 2. The lowest BCUT2D eigenvalue weighted by molar-refractivity contribution is -0.126. The van der Waals surface area contributed by atoms with Crippen molar-refractivity contribution in [3.05, 3.63) is 88.9 Å². The fourth-order valence-electron chi connectivity index (χ4n) is 4.56. The number of amides is 2. The number of methoxy groups -OCH3 is 1. The number of benzene rings is 2. The van der Waals surface area contributed by atoms with Crippen LogP contribution < -0.4 is 15.0 Å². The van der Waals surface area contributed by atoms with Crippen LogP contribution in [0.3, 0.4) is 0 Å². The van der Waals surface area contributed by atoms with E-state index >= 15 is 0 Å². The molecular weight excluding hydrogens is 472 g/mol. The highest BCUT2D eigenvalue weighted by atomic mass is 32.1. The highest BCUT2D eigenvalue weighted by molar-refractivity contribution is 7.13. The maximum atomic E-state index is 13.9. The summed E-state index contributed by atoms with van der Waals surface area (Å²) in [6.45, 7) is 4.45. The minimum absolute atomic E-state index is 0.240. The van der Waals surface area contributed by atoms with Crippen molar-refractivity contribution in [3.63, 3.8) is 0 Å². The summed E-state index contributed by atoms with van der Waals surface area (Å²) in [6, 6.07) is 21.1. The largest absolute Gasteiger partial charge is 0.497 e. The second kappa shape index (κ2) is 9.62. The molecule has 0 saturated carbocycles. The van der Waals surface area contributed by atoms with E-state index in [-0.39, 0.29) is 18.4 Å². The molecule has 1 aliphatic rings. The van der Waals surface area contributed by atoms with Crippen LogP contribution in [0.5, 0.6) is 5.75 Å². The Balaban J connectivity index is 1.51. The zero-order valence-corrected chi connectivity index (χ0v) is 21.3. The summed E-state index contributed by atoms with van der Waals surface area (Å²) in [7, 11) is 1.62. The number of nitrogens with one attached hydrogen (secondary N) is 1. The van der Waals surface area contributed by atoms with E-state index in [2.05, 4.69) is 12.2 Å². The molecule has 4 aromatic rings. The number of anilines is 1. The standard InChI is InChI=1S/C28H28N4O3S/c1-4-19-7-5-8-21(15-19)32-26(33)24-16-23(25-9-6-14-36-25)30-31(24)18-28(32,2)27(34)29-17-20-10-12-22(35-3)13-11-20/h5-16H,4,17-18H2,1-3H3,(H,29,34)/t28-/m1/s1.